The topological polar surface area (TPSA) is 111 Å². The predicted molar refractivity (Wildman–Crippen MR) is 69.9 cm³/mol. The summed E-state index contributed by atoms with van der Waals surface area (Å²) >= 11 is 0. The van der Waals surface area contributed by atoms with Crippen molar-refractivity contribution in [2.24, 2.45) is 5.73 Å². The van der Waals surface area contributed by atoms with Crippen LogP contribution in [0.4, 0.5) is 4.79 Å². The summed E-state index contributed by atoms with van der Waals surface area (Å²) in [5, 5.41) is 11.3. The first-order valence-corrected chi connectivity index (χ1v) is 6.13. The van der Waals surface area contributed by atoms with Crippen molar-refractivity contribution in [1.82, 2.24) is 5.32 Å². The van der Waals surface area contributed by atoms with Crippen LogP contribution in [0.2, 0.25) is 0 Å². The number of amides is 1. The van der Waals surface area contributed by atoms with Gasteiger partial charge in [0.25, 0.3) is 0 Å². The normalized spacial score (nSPS) is 14.6. The van der Waals surface area contributed by atoms with Crippen LogP contribution >= 0.6 is 0 Å². The Labute approximate surface area is 113 Å². The lowest BCUT2D eigenvalue weighted by atomic mass is 9.98. The maximum atomic E-state index is 11.5. The zero-order valence-corrected chi connectivity index (χ0v) is 12.0. The molecule has 1 unspecified atom stereocenters. The third-order valence-electron chi connectivity index (χ3n) is 2.08. The molecule has 0 aromatic heterocycles. The molecule has 0 rings (SSSR count). The van der Waals surface area contributed by atoms with Crippen LogP contribution in [0, 0.1) is 0 Å². The summed E-state index contributed by atoms with van der Waals surface area (Å²) in [4.78, 5) is 22.3. The Hall–Kier alpha value is -1.34. The van der Waals surface area contributed by atoms with E-state index in [2.05, 4.69) is 5.32 Å². The molecule has 0 heterocycles. The summed E-state index contributed by atoms with van der Waals surface area (Å²) in [5.74, 6) is -1.05. The Bertz CT molecular complexity index is 314. The van der Waals surface area contributed by atoms with Gasteiger partial charge >= 0.3 is 12.1 Å². The Morgan fingerprint density at radius 1 is 1.32 bits per heavy atom. The van der Waals surface area contributed by atoms with Gasteiger partial charge in [-0.2, -0.15) is 0 Å². The van der Waals surface area contributed by atoms with Gasteiger partial charge in [-0.05, 0) is 27.7 Å². The first-order chi connectivity index (χ1) is 8.58. The van der Waals surface area contributed by atoms with Gasteiger partial charge in [-0.1, -0.05) is 0 Å². The van der Waals surface area contributed by atoms with Crippen LogP contribution in [0.1, 0.15) is 34.1 Å². The molecule has 0 fully saturated rings. The Morgan fingerprint density at radius 3 is 2.32 bits per heavy atom. The fourth-order valence-electron chi connectivity index (χ4n) is 1.33. The van der Waals surface area contributed by atoms with E-state index in [4.69, 9.17) is 20.3 Å². The highest BCUT2D eigenvalue weighted by Gasteiger charge is 2.30. The number of carbonyl (C=O) groups is 2. The second-order valence-corrected chi connectivity index (χ2v) is 5.43. The van der Waals surface area contributed by atoms with Crippen molar-refractivity contribution in [2.75, 3.05) is 19.8 Å². The first-order valence-electron chi connectivity index (χ1n) is 6.13. The molecule has 0 aliphatic rings. The van der Waals surface area contributed by atoms with Gasteiger partial charge in [-0.3, -0.25) is 4.79 Å². The van der Waals surface area contributed by atoms with Gasteiger partial charge in [-0.25, -0.2) is 4.79 Å². The number of hydrogen-bond donors (Lipinski definition) is 3. The minimum atomic E-state index is -1.15. The number of hydrogen-bond acceptors (Lipinski definition) is 5. The number of carboxylic acid groups (broad SMARTS) is 1. The molecule has 0 aliphatic carbocycles. The summed E-state index contributed by atoms with van der Waals surface area (Å²) in [6.45, 7) is 7.42. The van der Waals surface area contributed by atoms with E-state index in [1.54, 1.807) is 27.7 Å². The SMILES string of the molecule is CCOCC(N)(CNC(=O)OC(C)(C)C)CC(=O)O. The first kappa shape index (κ1) is 17.7. The highest BCUT2D eigenvalue weighted by molar-refractivity contribution is 5.70. The molecule has 7 nitrogen and oxygen atoms in total. The van der Waals surface area contributed by atoms with Crippen LogP contribution in [0.25, 0.3) is 0 Å². The van der Waals surface area contributed by atoms with Gasteiger partial charge < -0.3 is 25.6 Å². The number of nitrogens with two attached hydrogens (primary N) is 1. The molecule has 0 saturated heterocycles. The molecule has 0 aromatic carbocycles. The number of carboxylic acids is 1. The number of ether oxygens (including phenoxy) is 2. The maximum Gasteiger partial charge on any atom is 0.407 e. The third-order valence-corrected chi connectivity index (χ3v) is 2.08. The molecule has 7 heteroatoms. The van der Waals surface area contributed by atoms with Gasteiger partial charge in [0, 0.05) is 13.2 Å². The van der Waals surface area contributed by atoms with Gasteiger partial charge in [0.1, 0.15) is 5.60 Å². The fraction of sp³-hybridized carbons (Fsp3) is 0.833. The van der Waals surface area contributed by atoms with Gasteiger partial charge in [-0.15, -0.1) is 0 Å². The van der Waals surface area contributed by atoms with Gasteiger partial charge in [0.2, 0.25) is 0 Å². The average molecular weight is 276 g/mol. The standard InChI is InChI=1S/C12H24N2O5/c1-5-18-8-12(13,6-9(15)16)7-14-10(17)19-11(2,3)4/h5-8,13H2,1-4H3,(H,14,17)(H,15,16). The second-order valence-electron chi connectivity index (χ2n) is 5.43. The van der Waals surface area contributed by atoms with Crippen molar-refractivity contribution < 1.29 is 24.2 Å². The fourth-order valence-corrected chi connectivity index (χ4v) is 1.33. The zero-order valence-electron chi connectivity index (χ0n) is 12.0. The van der Waals surface area contributed by atoms with Crippen molar-refractivity contribution in [3.63, 3.8) is 0 Å². The highest BCUT2D eigenvalue weighted by Crippen LogP contribution is 2.09. The molecule has 0 spiro atoms. The Kier molecular flexibility index (Phi) is 6.78. The molecule has 19 heavy (non-hydrogen) atoms. The van der Waals surface area contributed by atoms with Crippen LogP contribution in [0.15, 0.2) is 0 Å². The lowest BCUT2D eigenvalue weighted by Crippen LogP contribution is -2.55. The molecule has 1 atom stereocenters. The van der Waals surface area contributed by atoms with Crippen LogP contribution in [0.3, 0.4) is 0 Å². The van der Waals surface area contributed by atoms with Crippen LogP contribution in [-0.4, -0.2) is 48.1 Å². The molecule has 0 radical (unpaired) electrons. The molecule has 112 valence electrons. The average Bonchev–Trinajstić information content (AvgIpc) is 2.21. The van der Waals surface area contributed by atoms with E-state index in [9.17, 15) is 9.59 Å². The number of nitrogens with one attached hydrogen (secondary N) is 1. The molecule has 0 aromatic rings. The van der Waals surface area contributed by atoms with Gasteiger partial charge in [0.05, 0.1) is 18.6 Å². The summed E-state index contributed by atoms with van der Waals surface area (Å²) in [6.07, 6.45) is -0.938. The van der Waals surface area contributed by atoms with Crippen LogP contribution < -0.4 is 11.1 Å². The molecule has 0 saturated carbocycles. The third kappa shape index (κ3) is 9.26. The van der Waals surface area contributed by atoms with E-state index in [1.165, 1.54) is 0 Å². The second kappa shape index (κ2) is 7.30. The molecular formula is C12H24N2O5. The monoisotopic (exact) mass is 276 g/mol. The van der Waals surface area contributed by atoms with Crippen molar-refractivity contribution in [2.45, 2.75) is 45.3 Å². The minimum Gasteiger partial charge on any atom is -0.481 e. The van der Waals surface area contributed by atoms with Crippen molar-refractivity contribution in [3.05, 3.63) is 0 Å². The smallest absolute Gasteiger partial charge is 0.407 e. The van der Waals surface area contributed by atoms with E-state index in [-0.39, 0.29) is 19.6 Å². The number of rotatable bonds is 7. The summed E-state index contributed by atoms with van der Waals surface area (Å²) in [7, 11) is 0. The number of alkyl carbamates (subject to hydrolysis) is 1. The molecule has 0 aliphatic heterocycles. The van der Waals surface area contributed by atoms with Crippen molar-refractivity contribution >= 4 is 12.1 Å². The molecule has 4 N–H and O–H groups in total. The number of aliphatic carboxylic acids is 1. The van der Waals surface area contributed by atoms with Crippen LogP contribution in [0.5, 0.6) is 0 Å². The van der Waals surface area contributed by atoms with E-state index in [0.29, 0.717) is 6.61 Å². The quantitative estimate of drug-likeness (QED) is 0.632. The summed E-state index contributed by atoms with van der Waals surface area (Å²) < 4.78 is 10.2. The summed E-state index contributed by atoms with van der Waals surface area (Å²) in [5.41, 5.74) is 4.15. The van der Waals surface area contributed by atoms with E-state index < -0.39 is 23.2 Å². The van der Waals surface area contributed by atoms with E-state index >= 15 is 0 Å². The Morgan fingerprint density at radius 2 is 1.89 bits per heavy atom. The van der Waals surface area contributed by atoms with Gasteiger partial charge in [0.15, 0.2) is 0 Å². The molecular weight excluding hydrogens is 252 g/mol. The maximum absolute atomic E-state index is 11.5. The molecule has 0 bridgehead atoms. The van der Waals surface area contributed by atoms with Crippen molar-refractivity contribution in [3.8, 4) is 0 Å². The lowest BCUT2D eigenvalue weighted by Gasteiger charge is -2.28. The van der Waals surface area contributed by atoms with E-state index in [0.717, 1.165) is 0 Å². The van der Waals surface area contributed by atoms with Crippen molar-refractivity contribution in [1.29, 1.82) is 0 Å². The highest BCUT2D eigenvalue weighted by atomic mass is 16.6. The summed E-state index contributed by atoms with van der Waals surface area (Å²) in [6, 6.07) is 0. The largest absolute Gasteiger partial charge is 0.481 e. The minimum absolute atomic E-state index is 0.0335. The number of carbonyl (C=O) groups excluding carboxylic acids is 1. The molecule has 1 amide bonds. The Balaban J connectivity index is 4.40. The predicted octanol–water partition coefficient (Wildman–Crippen LogP) is 0.720. The van der Waals surface area contributed by atoms with E-state index in [1.807, 2.05) is 0 Å². The van der Waals surface area contributed by atoms with Crippen LogP contribution in [-0.2, 0) is 14.3 Å². The lowest BCUT2D eigenvalue weighted by molar-refractivity contribution is -0.139. The zero-order chi connectivity index (χ0) is 15.1.